The van der Waals surface area contributed by atoms with Gasteiger partial charge in [-0.2, -0.15) is 9.61 Å². The molecule has 0 amide bonds. The van der Waals surface area contributed by atoms with Crippen molar-refractivity contribution in [2.24, 2.45) is 0 Å². The Kier molecular flexibility index (Phi) is 5.08. The minimum Gasteiger partial charge on any atom is -1.00 e. The summed E-state index contributed by atoms with van der Waals surface area (Å²) in [7, 11) is 0. The van der Waals surface area contributed by atoms with Crippen LogP contribution >= 0.6 is 27.3 Å². The minimum atomic E-state index is 0. The molecule has 3 rings (SSSR count). The summed E-state index contributed by atoms with van der Waals surface area (Å²) in [4.78, 5) is 0.842. The largest absolute Gasteiger partial charge is 1.00 e. The quantitative estimate of drug-likeness (QED) is 0.386. The summed E-state index contributed by atoms with van der Waals surface area (Å²) in [6.07, 6.45) is 4.99. The lowest BCUT2D eigenvalue weighted by molar-refractivity contribution is -0.693. The normalized spacial score (nSPS) is 10.8. The van der Waals surface area contributed by atoms with Crippen LogP contribution in [0.2, 0.25) is 0 Å². The van der Waals surface area contributed by atoms with Gasteiger partial charge in [-0.1, -0.05) is 18.3 Å². The molecule has 0 aliphatic rings. The van der Waals surface area contributed by atoms with Crippen LogP contribution in [0, 0.1) is 0 Å². The third-order valence-electron chi connectivity index (χ3n) is 2.87. The van der Waals surface area contributed by atoms with Gasteiger partial charge in [0.15, 0.2) is 23.2 Å². The summed E-state index contributed by atoms with van der Waals surface area (Å²) in [5.74, 6) is 0.899. The number of hydrogen-bond acceptors (Lipinski definition) is 4. The zero-order chi connectivity index (χ0) is 13.4. The molecule has 0 aliphatic carbocycles. The van der Waals surface area contributed by atoms with Gasteiger partial charge in [-0.3, -0.25) is 0 Å². The molecule has 0 radical (unpaired) electrons. The van der Waals surface area contributed by atoms with Crippen molar-refractivity contribution in [2.75, 3.05) is 0 Å². The first kappa shape index (κ1) is 15.8. The smallest absolute Gasteiger partial charge is 0.234 e. The molecule has 0 spiro atoms. The molecule has 8 heteroatoms. The number of fused-ring (bicyclic) bond motifs is 1. The predicted octanol–water partition coefficient (Wildman–Crippen LogP) is -0.511. The monoisotopic (exact) mass is 465 g/mol. The number of pyridine rings is 1. The summed E-state index contributed by atoms with van der Waals surface area (Å²) in [5, 5.41) is 13.8. The first-order valence-corrected chi connectivity index (χ1v) is 7.73. The van der Waals surface area contributed by atoms with Crippen LogP contribution in [0.25, 0.3) is 15.5 Å². The fourth-order valence-corrected chi connectivity index (χ4v) is 3.24. The number of aromatic nitrogens is 5. The van der Waals surface area contributed by atoms with Gasteiger partial charge in [-0.15, -0.1) is 10.2 Å². The standard InChI is InChI=1S/C12H13BrN5S.HI/c1-3-10-14-15-12-18(10)16-11(19-12)8-5-9(13)7-17(4-2)6-8;/h5-7H,3-4H2,1-2H3;1H/q+1;/p-1. The molecule has 0 atom stereocenters. The van der Waals surface area contributed by atoms with Gasteiger partial charge in [0, 0.05) is 6.42 Å². The molecule has 0 unspecified atom stereocenters. The van der Waals surface area contributed by atoms with Crippen molar-refractivity contribution in [1.82, 2.24) is 19.8 Å². The second-order valence-corrected chi connectivity index (χ2v) is 6.02. The van der Waals surface area contributed by atoms with Gasteiger partial charge >= 0.3 is 0 Å². The van der Waals surface area contributed by atoms with E-state index in [2.05, 4.69) is 68.1 Å². The zero-order valence-electron chi connectivity index (χ0n) is 11.0. The van der Waals surface area contributed by atoms with E-state index in [1.807, 2.05) is 4.52 Å². The maximum atomic E-state index is 4.61. The molecule has 0 N–H and O–H groups in total. The lowest BCUT2D eigenvalue weighted by atomic mass is 10.3. The van der Waals surface area contributed by atoms with E-state index >= 15 is 0 Å². The molecule has 3 aromatic rings. The van der Waals surface area contributed by atoms with Crippen LogP contribution in [0.1, 0.15) is 19.7 Å². The third kappa shape index (κ3) is 2.86. The molecule has 106 valence electrons. The van der Waals surface area contributed by atoms with E-state index < -0.39 is 0 Å². The zero-order valence-corrected chi connectivity index (χ0v) is 15.6. The summed E-state index contributed by atoms with van der Waals surface area (Å²) in [5.41, 5.74) is 1.09. The predicted molar refractivity (Wildman–Crippen MR) is 77.0 cm³/mol. The van der Waals surface area contributed by atoms with E-state index in [-0.39, 0.29) is 24.0 Å². The topological polar surface area (TPSA) is 47.0 Å². The maximum absolute atomic E-state index is 4.61. The van der Waals surface area contributed by atoms with Crippen LogP contribution in [0.5, 0.6) is 0 Å². The highest BCUT2D eigenvalue weighted by Crippen LogP contribution is 2.26. The third-order valence-corrected chi connectivity index (χ3v) is 4.25. The van der Waals surface area contributed by atoms with Crippen LogP contribution in [-0.2, 0) is 13.0 Å². The summed E-state index contributed by atoms with van der Waals surface area (Å²) >= 11 is 5.09. The van der Waals surface area contributed by atoms with Crippen LogP contribution in [0.3, 0.4) is 0 Å². The number of hydrogen-bond donors (Lipinski definition) is 0. The van der Waals surface area contributed by atoms with Gasteiger partial charge < -0.3 is 24.0 Å². The molecule has 0 saturated heterocycles. The van der Waals surface area contributed by atoms with E-state index in [1.54, 1.807) is 11.3 Å². The molecule has 3 heterocycles. The first-order chi connectivity index (χ1) is 9.21. The van der Waals surface area contributed by atoms with Crippen molar-refractivity contribution in [3.8, 4) is 10.6 Å². The Labute approximate surface area is 146 Å². The van der Waals surface area contributed by atoms with Gasteiger partial charge in [0.2, 0.25) is 4.96 Å². The Morgan fingerprint density at radius 1 is 1.30 bits per heavy atom. The highest BCUT2D eigenvalue weighted by molar-refractivity contribution is 9.10. The molecular weight excluding hydrogens is 453 g/mol. The second kappa shape index (κ2) is 6.44. The molecule has 0 aromatic carbocycles. The Balaban J connectivity index is 0.00000147. The van der Waals surface area contributed by atoms with E-state index in [0.717, 1.165) is 38.8 Å². The van der Waals surface area contributed by atoms with Gasteiger partial charge in [0.05, 0.1) is 10.0 Å². The Morgan fingerprint density at radius 3 is 2.80 bits per heavy atom. The van der Waals surface area contributed by atoms with Crippen molar-refractivity contribution in [1.29, 1.82) is 0 Å². The Morgan fingerprint density at radius 2 is 2.10 bits per heavy atom. The van der Waals surface area contributed by atoms with Gasteiger partial charge in [0.25, 0.3) is 0 Å². The maximum Gasteiger partial charge on any atom is 0.234 e. The molecule has 0 aliphatic heterocycles. The van der Waals surface area contributed by atoms with Crippen molar-refractivity contribution >= 4 is 32.2 Å². The number of aryl methyl sites for hydroxylation is 2. The summed E-state index contributed by atoms with van der Waals surface area (Å²) < 4.78 is 5.01. The highest BCUT2D eigenvalue weighted by Gasteiger charge is 2.14. The second-order valence-electron chi connectivity index (χ2n) is 4.14. The van der Waals surface area contributed by atoms with E-state index in [9.17, 15) is 0 Å². The SMILES string of the molecule is CCc1nnc2sc(-c3cc(Br)c[n+](CC)c3)nn12.[I-]. The van der Waals surface area contributed by atoms with Gasteiger partial charge in [-0.25, -0.2) is 4.57 Å². The highest BCUT2D eigenvalue weighted by atomic mass is 127. The van der Waals surface area contributed by atoms with Gasteiger partial charge in [0.1, 0.15) is 6.54 Å². The first-order valence-electron chi connectivity index (χ1n) is 6.12. The minimum absolute atomic E-state index is 0. The van der Waals surface area contributed by atoms with Crippen LogP contribution in [-0.4, -0.2) is 19.8 Å². The Hall–Kier alpha value is -0.610. The molecule has 0 fully saturated rings. The molecule has 20 heavy (non-hydrogen) atoms. The van der Waals surface area contributed by atoms with Gasteiger partial charge in [-0.05, 0) is 28.9 Å². The van der Waals surface area contributed by atoms with E-state index in [4.69, 9.17) is 0 Å². The lowest BCUT2D eigenvalue weighted by Gasteiger charge is -1.97. The molecule has 0 bridgehead atoms. The number of nitrogens with zero attached hydrogens (tertiary/aromatic N) is 5. The van der Waals surface area contributed by atoms with E-state index in [0.29, 0.717) is 0 Å². The van der Waals surface area contributed by atoms with Crippen molar-refractivity contribution < 1.29 is 28.5 Å². The molecule has 3 aromatic heterocycles. The van der Waals surface area contributed by atoms with Crippen molar-refractivity contribution in [3.63, 3.8) is 0 Å². The average molecular weight is 466 g/mol. The van der Waals surface area contributed by atoms with Crippen LogP contribution in [0.15, 0.2) is 22.9 Å². The fourth-order valence-electron chi connectivity index (χ4n) is 1.89. The lowest BCUT2D eigenvalue weighted by Crippen LogP contribution is -3.00. The Bertz CT molecular complexity index is 739. The molecule has 5 nitrogen and oxygen atoms in total. The van der Waals surface area contributed by atoms with Crippen LogP contribution < -0.4 is 28.5 Å². The summed E-state index contributed by atoms with van der Waals surface area (Å²) in [6.45, 7) is 5.10. The fraction of sp³-hybridized carbons (Fsp3) is 0.333. The summed E-state index contributed by atoms with van der Waals surface area (Å²) in [6, 6.07) is 2.07. The number of halogens is 2. The average Bonchev–Trinajstić information content (AvgIpc) is 2.97. The molecule has 0 saturated carbocycles. The van der Waals surface area contributed by atoms with Crippen LogP contribution in [0.4, 0.5) is 0 Å². The van der Waals surface area contributed by atoms with Crippen molar-refractivity contribution in [2.45, 2.75) is 26.8 Å². The van der Waals surface area contributed by atoms with Crippen molar-refractivity contribution in [3.05, 3.63) is 28.8 Å². The number of rotatable bonds is 3. The molecular formula is C12H13BrIN5S. The van der Waals surface area contributed by atoms with E-state index in [1.165, 1.54) is 0 Å².